The summed E-state index contributed by atoms with van der Waals surface area (Å²) in [5.74, 6) is 1.63. The Labute approximate surface area is 279 Å². The smallest absolute Gasteiger partial charge is 0.437 e. The third kappa shape index (κ3) is 8.35. The fourth-order valence-electron chi connectivity index (χ4n) is 5.47. The standard InChI is InChI=1S/C34H42N8O6/c1-33(2,3)42(32(44)45)30(36-31(43)47-34(4,5)6)41-18-8-9-25(41)19-28-35-29(38-48-28)24-12-10-22(11-13-24)20-40-21-27(37-39-40)23-14-16-26(46-7)17-15-23/h10-17,21,25H,8-9,18-20H2,1-7H3,(H,44,45)/t25-/m0/s1. The first-order valence-corrected chi connectivity index (χ1v) is 15.8. The lowest BCUT2D eigenvalue weighted by molar-refractivity contribution is 0.0595. The number of ether oxygens (including phenoxy) is 2. The molecule has 14 heteroatoms. The molecule has 254 valence electrons. The number of amides is 2. The minimum Gasteiger partial charge on any atom is -0.497 e. The predicted molar refractivity (Wildman–Crippen MR) is 178 cm³/mol. The summed E-state index contributed by atoms with van der Waals surface area (Å²) in [6, 6.07) is 15.2. The van der Waals surface area contributed by atoms with Crippen LogP contribution in [0.3, 0.4) is 0 Å². The molecule has 1 aliphatic heterocycles. The molecule has 1 saturated heterocycles. The minimum atomic E-state index is -1.22. The summed E-state index contributed by atoms with van der Waals surface area (Å²) in [7, 11) is 1.63. The van der Waals surface area contributed by atoms with Crippen molar-refractivity contribution in [2.24, 2.45) is 4.99 Å². The molecule has 5 rings (SSSR count). The number of aliphatic imine (C=N–C) groups is 1. The van der Waals surface area contributed by atoms with Crippen LogP contribution in [0.25, 0.3) is 22.6 Å². The largest absolute Gasteiger partial charge is 0.497 e. The molecule has 1 N–H and O–H groups in total. The van der Waals surface area contributed by atoms with Crippen molar-refractivity contribution >= 4 is 18.1 Å². The molecule has 48 heavy (non-hydrogen) atoms. The zero-order valence-electron chi connectivity index (χ0n) is 28.4. The van der Waals surface area contributed by atoms with Crippen molar-refractivity contribution in [3.05, 3.63) is 66.2 Å². The average molecular weight is 659 g/mol. The Morgan fingerprint density at radius 1 is 1.04 bits per heavy atom. The Morgan fingerprint density at radius 2 is 1.73 bits per heavy atom. The highest BCUT2D eigenvalue weighted by Gasteiger charge is 2.39. The number of carboxylic acid groups (broad SMARTS) is 1. The van der Waals surface area contributed by atoms with Gasteiger partial charge in [-0.15, -0.1) is 10.1 Å². The van der Waals surface area contributed by atoms with Crippen LogP contribution in [0, 0.1) is 0 Å². The van der Waals surface area contributed by atoms with Gasteiger partial charge in [0.05, 0.1) is 19.9 Å². The molecule has 2 amide bonds. The number of guanidine groups is 1. The highest BCUT2D eigenvalue weighted by molar-refractivity contribution is 5.99. The molecule has 2 aromatic heterocycles. The molecule has 2 aromatic carbocycles. The van der Waals surface area contributed by atoms with Crippen LogP contribution in [0.1, 0.15) is 65.8 Å². The quantitative estimate of drug-likeness (QED) is 0.180. The molecule has 1 atom stereocenters. The van der Waals surface area contributed by atoms with Gasteiger partial charge in [0.25, 0.3) is 0 Å². The number of methoxy groups -OCH3 is 1. The van der Waals surface area contributed by atoms with E-state index in [1.54, 1.807) is 53.3 Å². The number of carbonyl (C=O) groups excluding carboxylic acids is 1. The van der Waals surface area contributed by atoms with Crippen molar-refractivity contribution < 1.29 is 28.7 Å². The van der Waals surface area contributed by atoms with Gasteiger partial charge in [-0.2, -0.15) is 4.98 Å². The summed E-state index contributed by atoms with van der Waals surface area (Å²) >= 11 is 0. The number of carbonyl (C=O) groups is 2. The lowest BCUT2D eigenvalue weighted by Crippen LogP contribution is -2.56. The van der Waals surface area contributed by atoms with E-state index < -0.39 is 23.3 Å². The Hall–Kier alpha value is -5.27. The van der Waals surface area contributed by atoms with E-state index in [9.17, 15) is 14.7 Å². The summed E-state index contributed by atoms with van der Waals surface area (Å²) in [5.41, 5.74) is 1.86. The molecule has 0 saturated carbocycles. The SMILES string of the molecule is COc1ccc(-c2cn(Cc3ccc(-c4noc(C[C@@H]5CCCN5C(=NC(=O)OC(C)(C)C)N(C(=O)O)C(C)(C)C)n4)cc3)nn2)cc1. The molecule has 3 heterocycles. The van der Waals surface area contributed by atoms with E-state index in [1.165, 1.54) is 0 Å². The number of hydrogen-bond acceptors (Lipinski definition) is 9. The maximum atomic E-state index is 12.8. The zero-order valence-corrected chi connectivity index (χ0v) is 28.4. The first kappa shape index (κ1) is 34.1. The Kier molecular flexibility index (Phi) is 9.82. The monoisotopic (exact) mass is 658 g/mol. The number of likely N-dealkylation sites (tertiary alicyclic amines) is 1. The van der Waals surface area contributed by atoms with Crippen LogP contribution >= 0.6 is 0 Å². The number of benzene rings is 2. The molecular formula is C34H42N8O6. The van der Waals surface area contributed by atoms with Gasteiger partial charge in [-0.25, -0.2) is 19.2 Å². The van der Waals surface area contributed by atoms with Crippen LogP contribution in [0.5, 0.6) is 5.75 Å². The molecule has 14 nitrogen and oxygen atoms in total. The van der Waals surface area contributed by atoms with Gasteiger partial charge >= 0.3 is 12.2 Å². The van der Waals surface area contributed by atoms with Crippen molar-refractivity contribution in [2.75, 3.05) is 13.7 Å². The summed E-state index contributed by atoms with van der Waals surface area (Å²) in [6.45, 7) is 11.5. The van der Waals surface area contributed by atoms with Crippen molar-refractivity contribution in [2.45, 2.75) is 84.5 Å². The normalized spacial score (nSPS) is 15.4. The summed E-state index contributed by atoms with van der Waals surface area (Å²) in [6.07, 6.45) is 1.66. The number of aromatic nitrogens is 5. The number of hydrogen-bond donors (Lipinski definition) is 1. The van der Waals surface area contributed by atoms with Crippen molar-refractivity contribution in [3.63, 3.8) is 0 Å². The number of rotatable bonds is 7. The molecule has 4 aromatic rings. The van der Waals surface area contributed by atoms with Gasteiger partial charge in [0.15, 0.2) is 0 Å². The third-order valence-corrected chi connectivity index (χ3v) is 7.64. The summed E-state index contributed by atoms with van der Waals surface area (Å²) < 4.78 is 18.1. The van der Waals surface area contributed by atoms with Crippen molar-refractivity contribution in [1.82, 2.24) is 34.9 Å². The third-order valence-electron chi connectivity index (χ3n) is 7.64. The summed E-state index contributed by atoms with van der Waals surface area (Å²) in [4.78, 5) is 37.0. The lowest BCUT2D eigenvalue weighted by Gasteiger charge is -2.39. The molecule has 0 unspecified atom stereocenters. The second kappa shape index (κ2) is 13.8. The molecule has 0 bridgehead atoms. The topological polar surface area (TPSA) is 161 Å². The molecular weight excluding hydrogens is 616 g/mol. The molecule has 0 aliphatic carbocycles. The van der Waals surface area contributed by atoms with Crippen molar-refractivity contribution in [1.29, 1.82) is 0 Å². The van der Waals surface area contributed by atoms with E-state index in [-0.39, 0.29) is 12.0 Å². The predicted octanol–water partition coefficient (Wildman–Crippen LogP) is 6.13. The average Bonchev–Trinajstić information content (AvgIpc) is 3.78. The van der Waals surface area contributed by atoms with Gasteiger partial charge in [-0.3, -0.25) is 0 Å². The Morgan fingerprint density at radius 3 is 2.35 bits per heavy atom. The minimum absolute atomic E-state index is 0.0191. The summed E-state index contributed by atoms with van der Waals surface area (Å²) in [5, 5.41) is 22.9. The van der Waals surface area contributed by atoms with E-state index in [0.717, 1.165) is 45.9 Å². The van der Waals surface area contributed by atoms with E-state index in [2.05, 4.69) is 25.4 Å². The molecule has 0 radical (unpaired) electrons. The zero-order chi connectivity index (χ0) is 34.6. The van der Waals surface area contributed by atoms with Crippen LogP contribution in [-0.2, 0) is 17.7 Å². The van der Waals surface area contributed by atoms with Crippen LogP contribution < -0.4 is 4.74 Å². The van der Waals surface area contributed by atoms with Gasteiger partial charge in [-0.1, -0.05) is 34.6 Å². The van der Waals surface area contributed by atoms with Crippen LogP contribution in [-0.4, -0.2) is 89.0 Å². The van der Waals surface area contributed by atoms with Crippen LogP contribution in [0.15, 0.2) is 64.2 Å². The van der Waals surface area contributed by atoms with Gasteiger partial charge in [0.1, 0.15) is 17.0 Å². The first-order valence-electron chi connectivity index (χ1n) is 15.8. The highest BCUT2D eigenvalue weighted by atomic mass is 16.6. The van der Waals surface area contributed by atoms with E-state index in [0.29, 0.717) is 31.2 Å². The van der Waals surface area contributed by atoms with E-state index in [4.69, 9.17) is 14.0 Å². The second-order valence-electron chi connectivity index (χ2n) is 13.6. The fourth-order valence-corrected chi connectivity index (χ4v) is 5.47. The Bertz CT molecular complexity index is 1750. The molecule has 1 aliphatic rings. The number of nitrogens with zero attached hydrogens (tertiary/aromatic N) is 8. The first-order chi connectivity index (χ1) is 22.7. The fraction of sp³-hybridized carbons (Fsp3) is 0.441. The van der Waals surface area contributed by atoms with Gasteiger partial charge in [-0.05, 0) is 84.2 Å². The Balaban J connectivity index is 1.28. The highest BCUT2D eigenvalue weighted by Crippen LogP contribution is 2.27. The lowest BCUT2D eigenvalue weighted by atomic mass is 10.1. The maximum absolute atomic E-state index is 12.8. The van der Waals surface area contributed by atoms with Gasteiger partial charge in [0, 0.05) is 35.7 Å². The van der Waals surface area contributed by atoms with Crippen molar-refractivity contribution in [3.8, 4) is 28.4 Å². The van der Waals surface area contributed by atoms with E-state index >= 15 is 0 Å². The molecule has 0 spiro atoms. The van der Waals surface area contributed by atoms with Crippen LogP contribution in [0.2, 0.25) is 0 Å². The van der Waals surface area contributed by atoms with Crippen LogP contribution in [0.4, 0.5) is 9.59 Å². The second-order valence-corrected chi connectivity index (χ2v) is 13.6. The van der Waals surface area contributed by atoms with E-state index in [1.807, 2.05) is 59.6 Å². The van der Waals surface area contributed by atoms with Gasteiger partial charge in [0.2, 0.25) is 17.7 Å². The van der Waals surface area contributed by atoms with Gasteiger partial charge < -0.3 is 24.0 Å². The molecule has 1 fully saturated rings. The maximum Gasteiger partial charge on any atom is 0.437 e.